The van der Waals surface area contributed by atoms with Crippen LogP contribution in [0.4, 0.5) is 0 Å². The van der Waals surface area contributed by atoms with Gasteiger partial charge in [-0.2, -0.15) is 0 Å². The zero-order valence-electron chi connectivity index (χ0n) is 12.6. The lowest BCUT2D eigenvalue weighted by Gasteiger charge is -2.40. The molecule has 1 unspecified atom stereocenters. The molecule has 0 radical (unpaired) electrons. The van der Waals surface area contributed by atoms with E-state index < -0.39 is 0 Å². The van der Waals surface area contributed by atoms with Crippen LogP contribution in [0.3, 0.4) is 0 Å². The smallest absolute Gasteiger partial charge is 0.0604 e. The molecule has 1 saturated carbocycles. The van der Waals surface area contributed by atoms with Crippen molar-refractivity contribution < 1.29 is 4.74 Å². The fraction of sp³-hybridized carbons (Fsp3) is 0.647. The van der Waals surface area contributed by atoms with Crippen LogP contribution in [0.25, 0.3) is 0 Å². The quantitative estimate of drug-likeness (QED) is 0.901. The number of hydrogen-bond acceptors (Lipinski definition) is 2. The van der Waals surface area contributed by atoms with Crippen LogP contribution in [-0.4, -0.2) is 18.8 Å². The van der Waals surface area contributed by atoms with Crippen molar-refractivity contribution >= 4 is 11.6 Å². The van der Waals surface area contributed by atoms with Crippen LogP contribution in [0.15, 0.2) is 18.2 Å². The predicted octanol–water partition coefficient (Wildman–Crippen LogP) is 4.12. The Bertz CT molecular complexity index is 494. The Morgan fingerprint density at radius 1 is 1.35 bits per heavy atom. The van der Waals surface area contributed by atoms with Gasteiger partial charge in [0, 0.05) is 23.7 Å². The molecule has 1 aromatic carbocycles. The number of rotatable bonds is 4. The third-order valence-corrected chi connectivity index (χ3v) is 4.98. The Morgan fingerprint density at radius 2 is 2.10 bits per heavy atom. The van der Waals surface area contributed by atoms with Gasteiger partial charge in [0.1, 0.15) is 0 Å². The maximum Gasteiger partial charge on any atom is 0.0604 e. The van der Waals surface area contributed by atoms with E-state index in [1.54, 1.807) is 0 Å². The van der Waals surface area contributed by atoms with Gasteiger partial charge in [0.2, 0.25) is 0 Å². The van der Waals surface area contributed by atoms with Crippen molar-refractivity contribution in [3.8, 4) is 0 Å². The number of ether oxygens (including phenoxy) is 1. The van der Waals surface area contributed by atoms with Crippen molar-refractivity contribution in [1.29, 1.82) is 0 Å². The van der Waals surface area contributed by atoms with Gasteiger partial charge >= 0.3 is 0 Å². The van der Waals surface area contributed by atoms with Crippen LogP contribution in [0.1, 0.15) is 50.8 Å². The molecule has 0 saturated heterocycles. The molecule has 1 aromatic rings. The molecule has 3 heteroatoms. The summed E-state index contributed by atoms with van der Waals surface area (Å²) < 4.78 is 5.65. The normalized spacial score (nSPS) is 30.9. The summed E-state index contributed by atoms with van der Waals surface area (Å²) in [4.78, 5) is 0. The summed E-state index contributed by atoms with van der Waals surface area (Å²) in [5.41, 5.74) is 3.09. The third-order valence-electron chi connectivity index (χ3n) is 4.75. The van der Waals surface area contributed by atoms with Crippen LogP contribution in [0.2, 0.25) is 5.02 Å². The van der Waals surface area contributed by atoms with Gasteiger partial charge in [-0.15, -0.1) is 0 Å². The maximum absolute atomic E-state index is 6.18. The van der Waals surface area contributed by atoms with Crippen LogP contribution in [-0.2, 0) is 11.2 Å². The van der Waals surface area contributed by atoms with Gasteiger partial charge < -0.3 is 10.1 Å². The Morgan fingerprint density at radius 3 is 2.80 bits per heavy atom. The summed E-state index contributed by atoms with van der Waals surface area (Å²) in [5.74, 6) is 0. The first-order valence-electron chi connectivity index (χ1n) is 7.65. The van der Waals surface area contributed by atoms with Gasteiger partial charge in [-0.05, 0) is 54.9 Å². The van der Waals surface area contributed by atoms with Gasteiger partial charge in [-0.1, -0.05) is 31.5 Å². The van der Waals surface area contributed by atoms with Crippen LogP contribution < -0.4 is 5.32 Å². The molecule has 20 heavy (non-hydrogen) atoms. The predicted molar refractivity (Wildman–Crippen MR) is 83.2 cm³/mol. The second-order valence-corrected chi connectivity index (χ2v) is 7.29. The van der Waals surface area contributed by atoms with E-state index in [4.69, 9.17) is 16.3 Å². The fourth-order valence-electron chi connectivity index (χ4n) is 3.63. The number of fused-ring (bicyclic) bond motifs is 1. The standard InChI is InChI=1S/C17H24ClNO/c1-4-20-14-8-13(9-14)19-16-15-7-12(18)6-5-11(15)10-17(16,2)3/h5-7,13-14,16,19H,4,8-10H2,1-3H3. The zero-order valence-corrected chi connectivity index (χ0v) is 13.3. The summed E-state index contributed by atoms with van der Waals surface area (Å²) in [6.07, 6.45) is 3.85. The summed E-state index contributed by atoms with van der Waals surface area (Å²) in [7, 11) is 0. The SMILES string of the molecule is CCOC1CC(NC2c3cc(Cl)ccc3CC2(C)C)C1. The Hall–Kier alpha value is -0.570. The van der Waals surface area contributed by atoms with Crippen LogP contribution >= 0.6 is 11.6 Å². The van der Waals surface area contributed by atoms with E-state index in [0.29, 0.717) is 18.2 Å². The van der Waals surface area contributed by atoms with Gasteiger partial charge in [0.25, 0.3) is 0 Å². The number of halogens is 1. The second-order valence-electron chi connectivity index (χ2n) is 6.85. The molecule has 3 rings (SSSR count). The minimum atomic E-state index is 0.254. The highest BCUT2D eigenvalue weighted by Crippen LogP contribution is 2.47. The third kappa shape index (κ3) is 2.61. The molecule has 1 fully saturated rings. The monoisotopic (exact) mass is 293 g/mol. The van der Waals surface area contributed by atoms with Gasteiger partial charge in [0.05, 0.1) is 6.10 Å². The second kappa shape index (κ2) is 5.32. The molecule has 2 nitrogen and oxygen atoms in total. The number of benzene rings is 1. The maximum atomic E-state index is 6.18. The van der Waals surface area contributed by atoms with E-state index in [9.17, 15) is 0 Å². The van der Waals surface area contributed by atoms with E-state index in [1.807, 2.05) is 6.07 Å². The Balaban J connectivity index is 1.71. The molecular weight excluding hydrogens is 270 g/mol. The van der Waals surface area contributed by atoms with Crippen molar-refractivity contribution in [2.75, 3.05) is 6.61 Å². The molecule has 2 aliphatic carbocycles. The van der Waals surface area contributed by atoms with Crippen molar-refractivity contribution in [2.45, 2.75) is 58.2 Å². The van der Waals surface area contributed by atoms with Crippen molar-refractivity contribution in [2.24, 2.45) is 5.41 Å². The van der Waals surface area contributed by atoms with Gasteiger partial charge in [-0.25, -0.2) is 0 Å². The summed E-state index contributed by atoms with van der Waals surface area (Å²) in [6.45, 7) is 7.58. The Labute approximate surface area is 126 Å². The summed E-state index contributed by atoms with van der Waals surface area (Å²) in [6, 6.07) is 7.32. The average Bonchev–Trinajstić information content (AvgIpc) is 2.57. The lowest BCUT2D eigenvalue weighted by molar-refractivity contribution is -0.0159. The van der Waals surface area contributed by atoms with E-state index in [1.165, 1.54) is 11.1 Å². The molecule has 2 aliphatic rings. The first-order valence-corrected chi connectivity index (χ1v) is 8.03. The lowest BCUT2D eigenvalue weighted by atomic mass is 9.82. The summed E-state index contributed by atoms with van der Waals surface area (Å²) in [5, 5.41) is 4.68. The van der Waals surface area contributed by atoms with Crippen LogP contribution in [0, 0.1) is 5.41 Å². The molecule has 110 valence electrons. The minimum absolute atomic E-state index is 0.254. The number of nitrogens with one attached hydrogen (secondary N) is 1. The lowest BCUT2D eigenvalue weighted by Crippen LogP contribution is -2.48. The molecule has 1 atom stereocenters. The molecule has 1 N–H and O–H groups in total. The van der Waals surface area contributed by atoms with E-state index in [2.05, 4.69) is 38.2 Å². The first-order chi connectivity index (χ1) is 9.49. The molecule has 0 aliphatic heterocycles. The van der Waals surface area contributed by atoms with E-state index in [0.717, 1.165) is 30.9 Å². The van der Waals surface area contributed by atoms with Crippen molar-refractivity contribution in [3.05, 3.63) is 34.3 Å². The zero-order chi connectivity index (χ0) is 14.3. The molecule has 0 heterocycles. The molecule has 0 aromatic heterocycles. The minimum Gasteiger partial charge on any atom is -0.378 e. The van der Waals surface area contributed by atoms with Crippen molar-refractivity contribution in [1.82, 2.24) is 5.32 Å². The highest BCUT2D eigenvalue weighted by Gasteiger charge is 2.42. The highest BCUT2D eigenvalue weighted by atomic mass is 35.5. The van der Waals surface area contributed by atoms with E-state index >= 15 is 0 Å². The molecule has 0 spiro atoms. The first kappa shape index (κ1) is 14.4. The van der Waals surface area contributed by atoms with Crippen LogP contribution in [0.5, 0.6) is 0 Å². The Kier molecular flexibility index (Phi) is 3.83. The van der Waals surface area contributed by atoms with Gasteiger partial charge in [0.15, 0.2) is 0 Å². The largest absolute Gasteiger partial charge is 0.378 e. The van der Waals surface area contributed by atoms with Gasteiger partial charge in [-0.3, -0.25) is 0 Å². The van der Waals surface area contributed by atoms with Crippen molar-refractivity contribution in [3.63, 3.8) is 0 Å². The summed E-state index contributed by atoms with van der Waals surface area (Å²) >= 11 is 6.18. The fourth-order valence-corrected chi connectivity index (χ4v) is 3.81. The number of hydrogen-bond donors (Lipinski definition) is 1. The molecule has 0 amide bonds. The average molecular weight is 294 g/mol. The molecular formula is C17H24ClNO. The molecule has 0 bridgehead atoms. The highest BCUT2D eigenvalue weighted by molar-refractivity contribution is 6.30. The van der Waals surface area contributed by atoms with E-state index in [-0.39, 0.29) is 5.41 Å². The topological polar surface area (TPSA) is 21.3 Å².